The number of nitrogens with zero attached hydrogens (tertiary/aromatic N) is 2. The first kappa shape index (κ1) is 17.7. The Labute approximate surface area is 143 Å². The van der Waals surface area contributed by atoms with Crippen molar-refractivity contribution in [3.8, 4) is 11.5 Å². The summed E-state index contributed by atoms with van der Waals surface area (Å²) in [7, 11) is 0. The number of carbonyl (C=O) groups is 2. The molecule has 0 saturated carbocycles. The summed E-state index contributed by atoms with van der Waals surface area (Å²) >= 11 is 0. The van der Waals surface area contributed by atoms with Crippen LogP contribution in [-0.2, 0) is 9.59 Å². The monoisotopic (exact) mass is 340 g/mol. The van der Waals surface area contributed by atoms with E-state index in [1.54, 1.807) is 36.4 Å². The van der Waals surface area contributed by atoms with Crippen LogP contribution in [0.5, 0.6) is 11.5 Å². The predicted octanol–water partition coefficient (Wildman–Crippen LogP) is 1.09. The summed E-state index contributed by atoms with van der Waals surface area (Å²) < 4.78 is 0. The highest BCUT2D eigenvalue weighted by Gasteiger charge is 2.07. The van der Waals surface area contributed by atoms with Gasteiger partial charge in [-0.25, -0.2) is 10.9 Å². The Bertz CT molecular complexity index is 750. The maximum atomic E-state index is 11.6. The number of phenols is 2. The van der Waals surface area contributed by atoms with Crippen LogP contribution in [0.25, 0.3) is 0 Å². The Balaban J connectivity index is 1.77. The lowest BCUT2D eigenvalue weighted by molar-refractivity contribution is -0.129. The minimum Gasteiger partial charge on any atom is -0.507 e. The minimum atomic E-state index is -0.637. The molecule has 0 heterocycles. The zero-order valence-corrected chi connectivity index (χ0v) is 13.1. The largest absolute Gasteiger partial charge is 0.507 e. The molecule has 0 radical (unpaired) electrons. The van der Waals surface area contributed by atoms with Crippen molar-refractivity contribution in [2.75, 3.05) is 0 Å². The van der Waals surface area contributed by atoms with Crippen molar-refractivity contribution in [1.29, 1.82) is 0 Å². The molecule has 2 aromatic carbocycles. The smallest absolute Gasteiger partial charge is 0.249 e. The molecule has 0 atom stereocenters. The van der Waals surface area contributed by atoms with Crippen LogP contribution in [0.15, 0.2) is 58.7 Å². The van der Waals surface area contributed by atoms with Gasteiger partial charge in [0, 0.05) is 11.1 Å². The quantitative estimate of drug-likeness (QED) is 0.357. The van der Waals surface area contributed by atoms with Crippen molar-refractivity contribution in [3.63, 3.8) is 0 Å². The molecule has 0 unspecified atom stereocenters. The van der Waals surface area contributed by atoms with Crippen molar-refractivity contribution in [3.05, 3.63) is 59.7 Å². The van der Waals surface area contributed by atoms with Crippen molar-refractivity contribution in [2.45, 2.75) is 6.42 Å². The second-order valence-electron chi connectivity index (χ2n) is 4.88. The molecule has 4 N–H and O–H groups in total. The van der Waals surface area contributed by atoms with Crippen molar-refractivity contribution >= 4 is 24.2 Å². The van der Waals surface area contributed by atoms with Gasteiger partial charge in [0.05, 0.1) is 12.4 Å². The number of nitrogens with one attached hydrogen (secondary N) is 2. The SMILES string of the molecule is O=C(CC(=O)N/N=C\c1ccccc1O)N/N=C\c1ccccc1O. The number of hydrogen-bond donors (Lipinski definition) is 4. The summed E-state index contributed by atoms with van der Waals surface area (Å²) in [4.78, 5) is 23.2. The molecule has 0 aliphatic heterocycles. The first-order valence-electron chi connectivity index (χ1n) is 7.26. The molecule has 0 aromatic heterocycles. The van der Waals surface area contributed by atoms with Crippen LogP contribution in [0.4, 0.5) is 0 Å². The number of hydrazone groups is 2. The number of aromatic hydroxyl groups is 2. The van der Waals surface area contributed by atoms with E-state index in [1.165, 1.54) is 24.6 Å². The van der Waals surface area contributed by atoms with E-state index in [0.29, 0.717) is 11.1 Å². The highest BCUT2D eigenvalue weighted by Crippen LogP contribution is 2.13. The third-order valence-electron chi connectivity index (χ3n) is 2.98. The van der Waals surface area contributed by atoms with Crippen molar-refractivity contribution in [1.82, 2.24) is 10.9 Å². The normalized spacial score (nSPS) is 10.9. The zero-order valence-electron chi connectivity index (χ0n) is 13.1. The molecular weight excluding hydrogens is 324 g/mol. The average Bonchev–Trinajstić information content (AvgIpc) is 2.58. The Morgan fingerprint density at radius 3 is 1.60 bits per heavy atom. The zero-order chi connectivity index (χ0) is 18.1. The average molecular weight is 340 g/mol. The molecule has 0 spiro atoms. The summed E-state index contributed by atoms with van der Waals surface area (Å²) in [6.45, 7) is 0. The van der Waals surface area contributed by atoms with Crippen LogP contribution < -0.4 is 10.9 Å². The van der Waals surface area contributed by atoms with Crippen molar-refractivity contribution in [2.24, 2.45) is 10.2 Å². The Morgan fingerprint density at radius 2 is 1.20 bits per heavy atom. The van der Waals surface area contributed by atoms with Crippen LogP contribution in [-0.4, -0.2) is 34.5 Å². The molecule has 0 aliphatic carbocycles. The molecule has 0 bridgehead atoms. The molecule has 0 saturated heterocycles. The third kappa shape index (κ3) is 5.79. The molecular formula is C17H16N4O4. The van der Waals surface area contributed by atoms with Gasteiger partial charge in [-0.1, -0.05) is 24.3 Å². The fraction of sp³-hybridized carbons (Fsp3) is 0.0588. The minimum absolute atomic E-state index is 0.0248. The van der Waals surface area contributed by atoms with E-state index in [9.17, 15) is 19.8 Å². The first-order valence-corrected chi connectivity index (χ1v) is 7.26. The van der Waals surface area contributed by atoms with Crippen LogP contribution in [0.3, 0.4) is 0 Å². The van der Waals surface area contributed by atoms with Gasteiger partial charge in [0.15, 0.2) is 0 Å². The third-order valence-corrected chi connectivity index (χ3v) is 2.98. The van der Waals surface area contributed by atoms with Gasteiger partial charge in [-0.2, -0.15) is 10.2 Å². The lowest BCUT2D eigenvalue weighted by atomic mass is 10.2. The van der Waals surface area contributed by atoms with E-state index >= 15 is 0 Å². The van der Waals surface area contributed by atoms with Crippen LogP contribution in [0, 0.1) is 0 Å². The summed E-state index contributed by atoms with van der Waals surface area (Å²) in [5.74, 6) is -1.22. The Morgan fingerprint density at radius 1 is 0.800 bits per heavy atom. The molecule has 0 aliphatic rings. The highest BCUT2D eigenvalue weighted by atomic mass is 16.3. The second kappa shape index (κ2) is 8.82. The van der Waals surface area contributed by atoms with E-state index in [4.69, 9.17) is 0 Å². The molecule has 128 valence electrons. The van der Waals surface area contributed by atoms with Gasteiger partial charge in [0.2, 0.25) is 11.8 Å². The maximum Gasteiger partial charge on any atom is 0.249 e. The summed E-state index contributed by atoms with van der Waals surface area (Å²) in [6.07, 6.45) is 2.05. The van der Waals surface area contributed by atoms with Gasteiger partial charge in [-0.3, -0.25) is 9.59 Å². The van der Waals surface area contributed by atoms with E-state index in [0.717, 1.165) is 0 Å². The number of amides is 2. The number of rotatable bonds is 6. The van der Waals surface area contributed by atoms with Gasteiger partial charge >= 0.3 is 0 Å². The van der Waals surface area contributed by atoms with Gasteiger partial charge in [0.25, 0.3) is 0 Å². The number of phenolic OH excluding ortho intramolecular Hbond substituents is 2. The predicted molar refractivity (Wildman–Crippen MR) is 92.3 cm³/mol. The second-order valence-corrected chi connectivity index (χ2v) is 4.88. The van der Waals surface area contributed by atoms with Crippen LogP contribution >= 0.6 is 0 Å². The van der Waals surface area contributed by atoms with Crippen LogP contribution in [0.1, 0.15) is 17.5 Å². The lowest BCUT2D eigenvalue weighted by Crippen LogP contribution is -2.27. The molecule has 25 heavy (non-hydrogen) atoms. The topological polar surface area (TPSA) is 123 Å². The number of carbonyl (C=O) groups excluding carboxylic acids is 2. The first-order chi connectivity index (χ1) is 12.1. The van der Waals surface area contributed by atoms with E-state index in [-0.39, 0.29) is 11.5 Å². The fourth-order valence-electron chi connectivity index (χ4n) is 1.77. The van der Waals surface area contributed by atoms with Gasteiger partial charge in [-0.05, 0) is 24.3 Å². The molecule has 2 aromatic rings. The molecule has 2 amide bonds. The Hall–Kier alpha value is -3.68. The summed E-state index contributed by atoms with van der Waals surface area (Å²) in [5, 5.41) is 26.4. The van der Waals surface area contributed by atoms with Crippen molar-refractivity contribution < 1.29 is 19.8 Å². The molecule has 8 heteroatoms. The van der Waals surface area contributed by atoms with E-state index in [2.05, 4.69) is 21.1 Å². The van der Waals surface area contributed by atoms with E-state index in [1.807, 2.05) is 0 Å². The fourth-order valence-corrected chi connectivity index (χ4v) is 1.77. The summed E-state index contributed by atoms with van der Waals surface area (Å²) in [6, 6.07) is 12.9. The molecule has 8 nitrogen and oxygen atoms in total. The standard InChI is InChI=1S/C17H16N4O4/c22-14-7-3-1-5-12(14)10-18-20-16(24)9-17(25)21-19-11-13-6-2-4-8-15(13)23/h1-8,10-11,22-23H,9H2,(H,20,24)(H,21,25)/b18-10-,19-11-. The molecule has 0 fully saturated rings. The number of para-hydroxylation sites is 2. The van der Waals surface area contributed by atoms with E-state index < -0.39 is 18.2 Å². The molecule has 2 rings (SSSR count). The maximum absolute atomic E-state index is 11.6. The highest BCUT2D eigenvalue weighted by molar-refractivity contribution is 5.97. The number of benzene rings is 2. The Kier molecular flexibility index (Phi) is 6.24. The number of hydrogen-bond acceptors (Lipinski definition) is 6. The van der Waals surface area contributed by atoms with Gasteiger partial charge in [-0.15, -0.1) is 0 Å². The lowest BCUT2D eigenvalue weighted by Gasteiger charge is -2.00. The van der Waals surface area contributed by atoms with Crippen LogP contribution in [0.2, 0.25) is 0 Å². The summed E-state index contributed by atoms with van der Waals surface area (Å²) in [5.41, 5.74) is 5.21. The van der Waals surface area contributed by atoms with Gasteiger partial charge in [0.1, 0.15) is 17.9 Å². The van der Waals surface area contributed by atoms with Gasteiger partial charge < -0.3 is 10.2 Å².